The van der Waals surface area contributed by atoms with Crippen LogP contribution >= 0.6 is 0 Å². The number of rotatable bonds is 6. The van der Waals surface area contributed by atoms with Crippen molar-refractivity contribution >= 4 is 24.1 Å². The highest BCUT2D eigenvalue weighted by molar-refractivity contribution is 5.88. The fourth-order valence-corrected chi connectivity index (χ4v) is 7.55. The molecule has 0 unspecified atom stereocenters. The molecule has 0 amide bonds. The van der Waals surface area contributed by atoms with Crippen molar-refractivity contribution in [1.29, 1.82) is 0 Å². The SMILES string of the molecule is C[C@]12CC[C@@H]3c4ccc(OC(=O)C=Cc5ccccc5)cc4CC[C@@H]3[C@@H]1CC[C@@H]2OC(=O)C=Cc1ccccc1. The first-order valence-corrected chi connectivity index (χ1v) is 14.5. The molecule has 2 fully saturated rings. The second kappa shape index (κ2) is 11.3. The summed E-state index contributed by atoms with van der Waals surface area (Å²) in [4.78, 5) is 25.1. The van der Waals surface area contributed by atoms with Crippen LogP contribution in [0, 0.1) is 17.3 Å². The van der Waals surface area contributed by atoms with Gasteiger partial charge in [-0.25, -0.2) is 9.59 Å². The van der Waals surface area contributed by atoms with Gasteiger partial charge in [-0.3, -0.25) is 0 Å². The fraction of sp³-hybridized carbons (Fsp3) is 0.333. The van der Waals surface area contributed by atoms with Crippen molar-refractivity contribution in [3.8, 4) is 5.75 Å². The highest BCUT2D eigenvalue weighted by Gasteiger charge is 2.56. The van der Waals surface area contributed by atoms with Gasteiger partial charge in [0.05, 0.1) is 0 Å². The molecule has 204 valence electrons. The number of fused-ring (bicyclic) bond motifs is 5. The van der Waals surface area contributed by atoms with E-state index in [9.17, 15) is 9.59 Å². The number of carbonyl (C=O) groups excluding carboxylic acids is 2. The summed E-state index contributed by atoms with van der Waals surface area (Å²) in [5, 5.41) is 0. The molecule has 0 bridgehead atoms. The van der Waals surface area contributed by atoms with Crippen LogP contribution in [0.15, 0.2) is 91.0 Å². The van der Waals surface area contributed by atoms with Crippen LogP contribution in [-0.2, 0) is 20.7 Å². The van der Waals surface area contributed by atoms with Crippen molar-refractivity contribution in [3.05, 3.63) is 113 Å². The maximum Gasteiger partial charge on any atom is 0.336 e. The van der Waals surface area contributed by atoms with Crippen molar-refractivity contribution in [2.24, 2.45) is 17.3 Å². The van der Waals surface area contributed by atoms with Gasteiger partial charge in [-0.05, 0) is 103 Å². The number of hydrogen-bond acceptors (Lipinski definition) is 4. The average molecular weight is 533 g/mol. The Kier molecular flexibility index (Phi) is 7.42. The lowest BCUT2D eigenvalue weighted by molar-refractivity contribution is -0.151. The van der Waals surface area contributed by atoms with E-state index in [1.807, 2.05) is 72.8 Å². The summed E-state index contributed by atoms with van der Waals surface area (Å²) in [6, 6.07) is 25.8. The van der Waals surface area contributed by atoms with Crippen LogP contribution in [0.5, 0.6) is 5.75 Å². The van der Waals surface area contributed by atoms with E-state index < -0.39 is 0 Å². The first-order chi connectivity index (χ1) is 19.5. The maximum absolute atomic E-state index is 12.7. The molecule has 3 aliphatic rings. The minimum atomic E-state index is -0.365. The van der Waals surface area contributed by atoms with Crippen LogP contribution in [0.2, 0.25) is 0 Å². The van der Waals surface area contributed by atoms with E-state index in [0.29, 0.717) is 23.5 Å². The normalized spacial score (nSPS) is 27.1. The zero-order valence-electron chi connectivity index (χ0n) is 23.0. The van der Waals surface area contributed by atoms with E-state index >= 15 is 0 Å². The third kappa shape index (κ3) is 5.40. The third-order valence-corrected chi connectivity index (χ3v) is 9.51. The Labute approximate surface area is 236 Å². The van der Waals surface area contributed by atoms with E-state index in [2.05, 4.69) is 19.1 Å². The topological polar surface area (TPSA) is 52.6 Å². The molecule has 3 aromatic rings. The molecular formula is C36H36O4. The molecular weight excluding hydrogens is 496 g/mol. The molecule has 0 radical (unpaired) electrons. The summed E-state index contributed by atoms with van der Waals surface area (Å²) in [6.07, 6.45) is 12.9. The number of esters is 2. The van der Waals surface area contributed by atoms with E-state index in [1.165, 1.54) is 17.2 Å². The van der Waals surface area contributed by atoms with Gasteiger partial charge in [-0.1, -0.05) is 73.7 Å². The maximum atomic E-state index is 12.7. The molecule has 40 heavy (non-hydrogen) atoms. The number of hydrogen-bond donors (Lipinski definition) is 0. The van der Waals surface area contributed by atoms with Crippen molar-refractivity contribution < 1.29 is 19.1 Å². The molecule has 4 nitrogen and oxygen atoms in total. The van der Waals surface area contributed by atoms with Gasteiger partial charge >= 0.3 is 11.9 Å². The smallest absolute Gasteiger partial charge is 0.336 e. The Balaban J connectivity index is 1.10. The van der Waals surface area contributed by atoms with Crippen LogP contribution < -0.4 is 4.74 Å². The van der Waals surface area contributed by atoms with Crippen LogP contribution in [0.1, 0.15) is 67.2 Å². The second-order valence-corrected chi connectivity index (χ2v) is 11.7. The summed E-state index contributed by atoms with van der Waals surface area (Å²) in [7, 11) is 0. The third-order valence-electron chi connectivity index (χ3n) is 9.51. The van der Waals surface area contributed by atoms with Crippen LogP contribution in [0.3, 0.4) is 0 Å². The highest BCUT2D eigenvalue weighted by atomic mass is 16.5. The molecule has 3 aliphatic carbocycles. The monoisotopic (exact) mass is 532 g/mol. The zero-order valence-corrected chi connectivity index (χ0v) is 23.0. The Morgan fingerprint density at radius 1 is 0.800 bits per heavy atom. The molecule has 0 spiro atoms. The van der Waals surface area contributed by atoms with Crippen molar-refractivity contribution in [3.63, 3.8) is 0 Å². The molecule has 0 aliphatic heterocycles. The van der Waals surface area contributed by atoms with E-state index in [4.69, 9.17) is 9.47 Å². The van der Waals surface area contributed by atoms with E-state index in [1.54, 1.807) is 12.2 Å². The molecule has 0 saturated heterocycles. The van der Waals surface area contributed by atoms with Crippen LogP contribution in [-0.4, -0.2) is 18.0 Å². The first kappa shape index (κ1) is 26.3. The Morgan fingerprint density at radius 3 is 2.17 bits per heavy atom. The Morgan fingerprint density at radius 2 is 1.48 bits per heavy atom. The Hall–Kier alpha value is -3.92. The van der Waals surface area contributed by atoms with Gasteiger partial charge in [-0.2, -0.15) is 0 Å². The van der Waals surface area contributed by atoms with Crippen LogP contribution in [0.25, 0.3) is 12.2 Å². The van der Waals surface area contributed by atoms with Gasteiger partial charge in [-0.15, -0.1) is 0 Å². The summed E-state index contributed by atoms with van der Waals surface area (Å²) >= 11 is 0. The van der Waals surface area contributed by atoms with Gasteiger partial charge in [0.15, 0.2) is 0 Å². The standard InChI is InChI=1S/C36H36O4/c1-36-23-22-30-29-17-15-28(39-34(37)20-12-25-8-4-2-5-9-25)24-27(29)14-16-31(30)32(36)18-19-33(36)40-35(38)21-13-26-10-6-3-7-11-26/h2-13,15,17,20-21,24,30-33H,14,16,18-19,22-23H2,1H3/t30-,31+,32+,33+,36+/m1/s1. The Bertz CT molecular complexity index is 1420. The predicted molar refractivity (Wildman–Crippen MR) is 158 cm³/mol. The molecule has 3 aromatic carbocycles. The molecule has 0 N–H and O–H groups in total. The number of aryl methyl sites for hydroxylation is 1. The van der Waals surface area contributed by atoms with Gasteiger partial charge in [0.25, 0.3) is 0 Å². The zero-order chi connectivity index (χ0) is 27.5. The number of carbonyl (C=O) groups is 2. The minimum Gasteiger partial charge on any atom is -0.459 e. The van der Waals surface area contributed by atoms with Gasteiger partial charge < -0.3 is 9.47 Å². The fourth-order valence-electron chi connectivity index (χ4n) is 7.55. The number of benzene rings is 3. The van der Waals surface area contributed by atoms with Gasteiger partial charge in [0.1, 0.15) is 11.9 Å². The van der Waals surface area contributed by atoms with E-state index in [0.717, 1.165) is 49.7 Å². The summed E-state index contributed by atoms with van der Waals surface area (Å²) in [5.74, 6) is 1.66. The molecule has 4 heteroatoms. The highest BCUT2D eigenvalue weighted by Crippen LogP contribution is 2.61. The molecule has 0 heterocycles. The van der Waals surface area contributed by atoms with Gasteiger partial charge in [0, 0.05) is 17.6 Å². The lowest BCUT2D eigenvalue weighted by Gasteiger charge is -2.50. The average Bonchev–Trinajstić information content (AvgIpc) is 3.31. The summed E-state index contributed by atoms with van der Waals surface area (Å²) in [5.41, 5.74) is 4.69. The molecule has 2 saturated carbocycles. The van der Waals surface area contributed by atoms with Gasteiger partial charge in [0.2, 0.25) is 0 Å². The lowest BCUT2D eigenvalue weighted by atomic mass is 9.55. The van der Waals surface area contributed by atoms with Crippen molar-refractivity contribution in [1.82, 2.24) is 0 Å². The lowest BCUT2D eigenvalue weighted by Crippen LogP contribution is -2.45. The van der Waals surface area contributed by atoms with Crippen molar-refractivity contribution in [2.75, 3.05) is 0 Å². The van der Waals surface area contributed by atoms with Crippen LogP contribution in [0.4, 0.5) is 0 Å². The summed E-state index contributed by atoms with van der Waals surface area (Å²) < 4.78 is 11.7. The molecule has 0 aromatic heterocycles. The second-order valence-electron chi connectivity index (χ2n) is 11.7. The minimum absolute atomic E-state index is 0.0233. The number of ether oxygens (including phenoxy) is 2. The first-order valence-electron chi connectivity index (χ1n) is 14.5. The quantitative estimate of drug-likeness (QED) is 0.185. The largest absolute Gasteiger partial charge is 0.459 e. The molecule has 5 atom stereocenters. The molecule has 6 rings (SSSR count). The summed E-state index contributed by atoms with van der Waals surface area (Å²) in [6.45, 7) is 2.35. The van der Waals surface area contributed by atoms with Crippen molar-refractivity contribution in [2.45, 2.75) is 57.5 Å². The predicted octanol–water partition coefficient (Wildman–Crippen LogP) is 7.79. The van der Waals surface area contributed by atoms with E-state index in [-0.39, 0.29) is 23.5 Å².